The number of hydrogen-bond donors (Lipinski definition) is 0. The Morgan fingerprint density at radius 1 is 1.36 bits per heavy atom. The molecule has 1 fully saturated rings. The first-order chi connectivity index (χ1) is 13.2. The number of hydrogen-bond acceptors (Lipinski definition) is 4. The molecule has 1 aromatic carbocycles. The van der Waals surface area contributed by atoms with Gasteiger partial charge < -0.3 is 4.90 Å². The van der Waals surface area contributed by atoms with Crippen molar-refractivity contribution in [1.29, 1.82) is 0 Å². The summed E-state index contributed by atoms with van der Waals surface area (Å²) in [7, 11) is -1.25. The summed E-state index contributed by atoms with van der Waals surface area (Å²) in [4.78, 5) is 14.1. The first kappa shape index (κ1) is 20.6. The van der Waals surface area contributed by atoms with Crippen LogP contribution in [0.3, 0.4) is 0 Å². The van der Waals surface area contributed by atoms with Crippen LogP contribution in [0.15, 0.2) is 30.3 Å². The summed E-state index contributed by atoms with van der Waals surface area (Å²) in [5.74, 6) is 0.190. The molecule has 0 aliphatic carbocycles. The van der Waals surface area contributed by atoms with E-state index < -0.39 is 9.84 Å². The van der Waals surface area contributed by atoms with Crippen LogP contribution in [0.4, 0.5) is 0 Å². The maximum absolute atomic E-state index is 12.5. The Kier molecular flexibility index (Phi) is 5.95. The predicted octanol–water partition coefficient (Wildman–Crippen LogP) is 3.18. The molecule has 0 bridgehead atoms. The number of rotatable bonds is 5. The smallest absolute Gasteiger partial charge is 0.246 e. The Hall–Kier alpha value is -2.12. The van der Waals surface area contributed by atoms with E-state index in [9.17, 15) is 13.2 Å². The Morgan fingerprint density at radius 3 is 2.71 bits per heavy atom. The van der Waals surface area contributed by atoms with Crippen molar-refractivity contribution in [3.63, 3.8) is 0 Å². The standard InChI is InChI=1S/C20H24ClN3O3S/c1-14-18(15(2)24(22-14)17-10-11-28(26,27)13-17)12-23(3)20(25)9-8-16-6-4-5-7-19(16)21/h4-9,17H,10-13H2,1-3H3/b9-8+/t17-/m0/s1. The Morgan fingerprint density at radius 2 is 2.07 bits per heavy atom. The molecule has 8 heteroatoms. The molecule has 150 valence electrons. The molecule has 0 unspecified atom stereocenters. The number of likely N-dealkylation sites (N-methyl/N-ethyl adjacent to an activating group) is 1. The summed E-state index contributed by atoms with van der Waals surface area (Å²) in [6, 6.07) is 7.20. The lowest BCUT2D eigenvalue weighted by Gasteiger charge is -2.16. The first-order valence-electron chi connectivity index (χ1n) is 9.10. The predicted molar refractivity (Wildman–Crippen MR) is 111 cm³/mol. The lowest BCUT2D eigenvalue weighted by molar-refractivity contribution is -0.125. The summed E-state index contributed by atoms with van der Waals surface area (Å²) in [6.45, 7) is 4.22. The van der Waals surface area contributed by atoms with Crippen molar-refractivity contribution in [3.8, 4) is 0 Å². The monoisotopic (exact) mass is 421 g/mol. The van der Waals surface area contributed by atoms with E-state index in [2.05, 4.69) is 5.10 Å². The lowest BCUT2D eigenvalue weighted by Crippen LogP contribution is -2.24. The molecule has 1 aliphatic heterocycles. The van der Waals surface area contributed by atoms with Crippen LogP contribution in [0.5, 0.6) is 0 Å². The van der Waals surface area contributed by atoms with Gasteiger partial charge in [0.1, 0.15) is 0 Å². The van der Waals surface area contributed by atoms with Gasteiger partial charge in [0.15, 0.2) is 9.84 Å². The van der Waals surface area contributed by atoms with E-state index in [1.165, 1.54) is 6.08 Å². The van der Waals surface area contributed by atoms with Crippen molar-refractivity contribution >= 4 is 33.4 Å². The molecule has 1 atom stereocenters. The zero-order valence-electron chi connectivity index (χ0n) is 16.2. The molecule has 1 aromatic heterocycles. The number of sulfone groups is 1. The molecular formula is C20H24ClN3O3S. The minimum atomic E-state index is -2.98. The maximum atomic E-state index is 12.5. The number of halogens is 1. The van der Waals surface area contributed by atoms with Crippen LogP contribution in [0.25, 0.3) is 6.08 Å². The summed E-state index contributed by atoms with van der Waals surface area (Å²) >= 11 is 6.11. The molecule has 1 saturated heterocycles. The number of nitrogens with zero attached hydrogens (tertiary/aromatic N) is 3. The van der Waals surface area contributed by atoms with E-state index in [4.69, 9.17) is 11.6 Å². The van der Waals surface area contributed by atoms with E-state index in [0.717, 1.165) is 22.5 Å². The van der Waals surface area contributed by atoms with E-state index in [1.54, 1.807) is 24.1 Å². The fraction of sp³-hybridized carbons (Fsp3) is 0.400. The van der Waals surface area contributed by atoms with E-state index in [-0.39, 0.29) is 23.5 Å². The number of carbonyl (C=O) groups excluding carboxylic acids is 1. The second-order valence-electron chi connectivity index (χ2n) is 7.20. The van der Waals surface area contributed by atoms with Crippen LogP contribution >= 0.6 is 11.6 Å². The van der Waals surface area contributed by atoms with Gasteiger partial charge >= 0.3 is 0 Å². The molecule has 0 radical (unpaired) electrons. The molecule has 0 spiro atoms. The molecular weight excluding hydrogens is 398 g/mol. The SMILES string of the molecule is Cc1nn([C@H]2CCS(=O)(=O)C2)c(C)c1CN(C)C(=O)/C=C/c1ccccc1Cl. The minimum absolute atomic E-state index is 0.126. The van der Waals surface area contributed by atoms with Crippen LogP contribution in [0.1, 0.15) is 35.0 Å². The maximum Gasteiger partial charge on any atom is 0.246 e. The number of benzene rings is 1. The van der Waals surface area contributed by atoms with Crippen LogP contribution in [-0.2, 0) is 21.2 Å². The molecule has 0 saturated carbocycles. The average molecular weight is 422 g/mol. The number of amides is 1. The van der Waals surface area contributed by atoms with Gasteiger partial charge in [-0.25, -0.2) is 8.42 Å². The van der Waals surface area contributed by atoms with Gasteiger partial charge in [-0.1, -0.05) is 29.8 Å². The molecule has 1 amide bonds. The van der Waals surface area contributed by atoms with Crippen molar-refractivity contribution in [1.82, 2.24) is 14.7 Å². The van der Waals surface area contributed by atoms with Crippen LogP contribution < -0.4 is 0 Å². The Labute approximate surface area is 170 Å². The summed E-state index contributed by atoms with van der Waals surface area (Å²) in [6.07, 6.45) is 3.78. The van der Waals surface area contributed by atoms with Gasteiger partial charge in [-0.2, -0.15) is 5.10 Å². The molecule has 2 aromatic rings. The lowest BCUT2D eigenvalue weighted by atomic mass is 10.1. The molecule has 2 heterocycles. The summed E-state index contributed by atoms with van der Waals surface area (Å²) in [5, 5.41) is 5.15. The van der Waals surface area contributed by atoms with Crippen LogP contribution in [0.2, 0.25) is 5.02 Å². The van der Waals surface area contributed by atoms with Gasteiger partial charge in [0.05, 0.1) is 23.2 Å². The fourth-order valence-electron chi connectivity index (χ4n) is 3.46. The summed E-state index contributed by atoms with van der Waals surface area (Å²) < 4.78 is 25.4. The number of aromatic nitrogens is 2. The molecule has 28 heavy (non-hydrogen) atoms. The fourth-order valence-corrected chi connectivity index (χ4v) is 5.35. The minimum Gasteiger partial charge on any atom is -0.338 e. The van der Waals surface area contributed by atoms with Gasteiger partial charge in [0.2, 0.25) is 5.91 Å². The third-order valence-corrected chi connectivity index (χ3v) is 7.21. The van der Waals surface area contributed by atoms with Crippen molar-refractivity contribution in [2.75, 3.05) is 18.6 Å². The Bertz CT molecular complexity index is 1030. The van der Waals surface area contributed by atoms with Gasteiger partial charge in [-0.05, 0) is 38.0 Å². The summed E-state index contributed by atoms with van der Waals surface area (Å²) in [5.41, 5.74) is 3.46. The van der Waals surface area contributed by atoms with Gasteiger partial charge in [0, 0.05) is 35.9 Å². The van der Waals surface area contributed by atoms with Crippen LogP contribution in [-0.4, -0.2) is 47.6 Å². The number of aryl methyl sites for hydroxylation is 1. The van der Waals surface area contributed by atoms with Gasteiger partial charge in [-0.15, -0.1) is 0 Å². The highest BCUT2D eigenvalue weighted by Crippen LogP contribution is 2.27. The highest BCUT2D eigenvalue weighted by atomic mass is 35.5. The normalized spacial score (nSPS) is 18.6. The van der Waals surface area contributed by atoms with Crippen molar-refractivity contribution in [2.45, 2.75) is 32.9 Å². The molecule has 1 aliphatic rings. The number of carbonyl (C=O) groups is 1. The van der Waals surface area contributed by atoms with Crippen molar-refractivity contribution < 1.29 is 13.2 Å². The zero-order valence-corrected chi connectivity index (χ0v) is 17.8. The zero-order chi connectivity index (χ0) is 20.5. The van der Waals surface area contributed by atoms with Gasteiger partial charge in [-0.3, -0.25) is 9.48 Å². The van der Waals surface area contributed by atoms with E-state index in [1.807, 2.05) is 36.7 Å². The highest BCUT2D eigenvalue weighted by molar-refractivity contribution is 7.91. The molecule has 3 rings (SSSR count). The highest BCUT2D eigenvalue weighted by Gasteiger charge is 2.31. The quantitative estimate of drug-likeness (QED) is 0.695. The van der Waals surface area contributed by atoms with Crippen molar-refractivity contribution in [2.24, 2.45) is 0 Å². The van der Waals surface area contributed by atoms with Gasteiger partial charge in [0.25, 0.3) is 0 Å². The largest absolute Gasteiger partial charge is 0.338 e. The van der Waals surface area contributed by atoms with Crippen molar-refractivity contribution in [3.05, 3.63) is 57.9 Å². The third kappa shape index (κ3) is 4.47. The van der Waals surface area contributed by atoms with Crippen LogP contribution in [0, 0.1) is 13.8 Å². The second kappa shape index (κ2) is 8.09. The van der Waals surface area contributed by atoms with E-state index >= 15 is 0 Å². The average Bonchev–Trinajstić information content (AvgIpc) is 3.14. The molecule has 6 nitrogen and oxygen atoms in total. The molecule has 0 N–H and O–H groups in total. The second-order valence-corrected chi connectivity index (χ2v) is 9.84. The topological polar surface area (TPSA) is 72.3 Å². The van der Waals surface area contributed by atoms with E-state index in [0.29, 0.717) is 18.0 Å². The Balaban J connectivity index is 1.73. The first-order valence-corrected chi connectivity index (χ1v) is 11.3. The third-order valence-electron chi connectivity index (χ3n) is 5.11.